The van der Waals surface area contributed by atoms with Gasteiger partial charge in [-0.2, -0.15) is 0 Å². The minimum Gasteiger partial charge on any atom is -0.353 e. The van der Waals surface area contributed by atoms with Crippen LogP contribution < -0.4 is 5.32 Å². The van der Waals surface area contributed by atoms with Gasteiger partial charge >= 0.3 is 0 Å². The number of nitrogens with one attached hydrogen (secondary N) is 1. The number of amides is 1. The van der Waals surface area contributed by atoms with Gasteiger partial charge in [0.1, 0.15) is 0 Å². The van der Waals surface area contributed by atoms with E-state index in [4.69, 9.17) is 0 Å². The highest BCUT2D eigenvalue weighted by atomic mass is 16.1. The van der Waals surface area contributed by atoms with E-state index in [0.29, 0.717) is 12.0 Å². The standard InChI is InChI=1S/C9H17NO/c1-7-5-3-4-6-9(7)10-8(2)11/h7,9H,3-6H2,1-2H3,(H,10,11)/t7-,9-/m0/s1. The summed E-state index contributed by atoms with van der Waals surface area (Å²) in [6.07, 6.45) is 5.04. The van der Waals surface area contributed by atoms with Gasteiger partial charge in [0, 0.05) is 13.0 Å². The molecule has 64 valence electrons. The van der Waals surface area contributed by atoms with Crippen molar-refractivity contribution in [1.29, 1.82) is 0 Å². The van der Waals surface area contributed by atoms with Gasteiger partial charge in [-0.1, -0.05) is 19.8 Å². The lowest BCUT2D eigenvalue weighted by molar-refractivity contribution is -0.120. The van der Waals surface area contributed by atoms with Crippen molar-refractivity contribution in [3.05, 3.63) is 0 Å². The fraction of sp³-hybridized carbons (Fsp3) is 0.889. The summed E-state index contributed by atoms with van der Waals surface area (Å²) in [6.45, 7) is 3.82. The summed E-state index contributed by atoms with van der Waals surface area (Å²) in [5, 5.41) is 2.99. The van der Waals surface area contributed by atoms with Crippen LogP contribution in [0.25, 0.3) is 0 Å². The van der Waals surface area contributed by atoms with E-state index in [2.05, 4.69) is 12.2 Å². The Bertz CT molecular complexity index is 144. The highest BCUT2D eigenvalue weighted by Crippen LogP contribution is 2.23. The number of hydrogen-bond donors (Lipinski definition) is 1. The average Bonchev–Trinajstić information content (AvgIpc) is 1.93. The van der Waals surface area contributed by atoms with Crippen molar-refractivity contribution in [3.63, 3.8) is 0 Å². The smallest absolute Gasteiger partial charge is 0.217 e. The van der Waals surface area contributed by atoms with Crippen LogP contribution >= 0.6 is 0 Å². The average molecular weight is 155 g/mol. The molecule has 0 aromatic heterocycles. The van der Waals surface area contributed by atoms with Gasteiger partial charge in [0.25, 0.3) is 0 Å². The maximum absolute atomic E-state index is 10.7. The van der Waals surface area contributed by atoms with Crippen LogP contribution in [0, 0.1) is 5.92 Å². The molecule has 0 unspecified atom stereocenters. The normalized spacial score (nSPS) is 31.5. The van der Waals surface area contributed by atoms with E-state index in [-0.39, 0.29) is 5.91 Å². The van der Waals surface area contributed by atoms with Crippen molar-refractivity contribution >= 4 is 5.91 Å². The van der Waals surface area contributed by atoms with E-state index >= 15 is 0 Å². The highest BCUT2D eigenvalue weighted by Gasteiger charge is 2.21. The Morgan fingerprint density at radius 1 is 1.36 bits per heavy atom. The summed E-state index contributed by atoms with van der Waals surface area (Å²) < 4.78 is 0. The van der Waals surface area contributed by atoms with Gasteiger partial charge in [0.05, 0.1) is 0 Å². The zero-order chi connectivity index (χ0) is 8.27. The molecule has 2 heteroatoms. The zero-order valence-corrected chi connectivity index (χ0v) is 7.39. The van der Waals surface area contributed by atoms with Gasteiger partial charge in [-0.15, -0.1) is 0 Å². The zero-order valence-electron chi connectivity index (χ0n) is 7.39. The Kier molecular flexibility index (Phi) is 2.92. The fourth-order valence-corrected chi connectivity index (χ4v) is 1.79. The van der Waals surface area contributed by atoms with E-state index < -0.39 is 0 Å². The number of rotatable bonds is 1. The molecule has 2 nitrogen and oxygen atoms in total. The molecular weight excluding hydrogens is 138 g/mol. The summed E-state index contributed by atoms with van der Waals surface area (Å²) in [6, 6.07) is 0.446. The van der Waals surface area contributed by atoms with E-state index in [1.807, 2.05) is 0 Å². The Balaban J connectivity index is 2.35. The van der Waals surface area contributed by atoms with Crippen LogP contribution in [0.5, 0.6) is 0 Å². The monoisotopic (exact) mass is 155 g/mol. The van der Waals surface area contributed by atoms with Crippen LogP contribution in [-0.4, -0.2) is 11.9 Å². The summed E-state index contributed by atoms with van der Waals surface area (Å²) >= 11 is 0. The largest absolute Gasteiger partial charge is 0.353 e. The Morgan fingerprint density at radius 3 is 2.55 bits per heavy atom. The molecule has 11 heavy (non-hydrogen) atoms. The topological polar surface area (TPSA) is 29.1 Å². The molecule has 2 atom stereocenters. The Morgan fingerprint density at radius 2 is 2.00 bits per heavy atom. The summed E-state index contributed by atoms with van der Waals surface area (Å²) in [4.78, 5) is 10.7. The predicted octanol–water partition coefficient (Wildman–Crippen LogP) is 1.70. The second kappa shape index (κ2) is 3.74. The van der Waals surface area contributed by atoms with Crippen LogP contribution in [0.2, 0.25) is 0 Å². The molecular formula is C9H17NO. The quantitative estimate of drug-likeness (QED) is 0.613. The van der Waals surface area contributed by atoms with Crippen LogP contribution in [-0.2, 0) is 4.79 Å². The maximum Gasteiger partial charge on any atom is 0.217 e. The van der Waals surface area contributed by atoms with Crippen LogP contribution in [0.15, 0.2) is 0 Å². The molecule has 0 aliphatic heterocycles. The number of carbonyl (C=O) groups excluding carboxylic acids is 1. The first-order chi connectivity index (χ1) is 5.20. The number of carbonyl (C=O) groups is 1. The Hall–Kier alpha value is -0.530. The first-order valence-corrected chi connectivity index (χ1v) is 4.47. The highest BCUT2D eigenvalue weighted by molar-refractivity contribution is 5.73. The fourth-order valence-electron chi connectivity index (χ4n) is 1.79. The van der Waals surface area contributed by atoms with E-state index in [1.54, 1.807) is 6.92 Å². The lowest BCUT2D eigenvalue weighted by Crippen LogP contribution is -2.39. The maximum atomic E-state index is 10.7. The first-order valence-electron chi connectivity index (χ1n) is 4.47. The molecule has 0 bridgehead atoms. The van der Waals surface area contributed by atoms with Gasteiger partial charge in [-0.05, 0) is 18.8 Å². The molecule has 0 aromatic carbocycles. The molecule has 1 aliphatic carbocycles. The van der Waals surface area contributed by atoms with E-state index in [0.717, 1.165) is 0 Å². The molecule has 1 amide bonds. The van der Waals surface area contributed by atoms with Crippen molar-refractivity contribution in [1.82, 2.24) is 5.32 Å². The third-order valence-corrected chi connectivity index (χ3v) is 2.50. The van der Waals surface area contributed by atoms with Crippen molar-refractivity contribution in [3.8, 4) is 0 Å². The minimum atomic E-state index is 0.115. The number of hydrogen-bond acceptors (Lipinski definition) is 1. The molecule has 1 fully saturated rings. The lowest BCUT2D eigenvalue weighted by Gasteiger charge is -2.28. The van der Waals surface area contributed by atoms with Crippen LogP contribution in [0.1, 0.15) is 39.5 Å². The van der Waals surface area contributed by atoms with Gasteiger partial charge < -0.3 is 5.32 Å². The third kappa shape index (κ3) is 2.52. The van der Waals surface area contributed by atoms with E-state index in [9.17, 15) is 4.79 Å². The van der Waals surface area contributed by atoms with Gasteiger partial charge in [0.2, 0.25) is 5.91 Å². The molecule has 0 spiro atoms. The van der Waals surface area contributed by atoms with Crippen molar-refractivity contribution < 1.29 is 4.79 Å². The lowest BCUT2D eigenvalue weighted by atomic mass is 9.86. The molecule has 0 radical (unpaired) electrons. The molecule has 1 aliphatic rings. The van der Waals surface area contributed by atoms with Crippen molar-refractivity contribution in [2.45, 2.75) is 45.6 Å². The molecule has 1 rings (SSSR count). The van der Waals surface area contributed by atoms with Gasteiger partial charge in [-0.3, -0.25) is 4.79 Å². The van der Waals surface area contributed by atoms with Crippen molar-refractivity contribution in [2.75, 3.05) is 0 Å². The minimum absolute atomic E-state index is 0.115. The summed E-state index contributed by atoms with van der Waals surface area (Å²) in [5.41, 5.74) is 0. The molecule has 0 saturated heterocycles. The predicted molar refractivity (Wildman–Crippen MR) is 45.2 cm³/mol. The second-order valence-corrected chi connectivity index (χ2v) is 3.57. The Labute approximate surface area is 68.4 Å². The van der Waals surface area contributed by atoms with Crippen LogP contribution in [0.3, 0.4) is 0 Å². The molecule has 1 N–H and O–H groups in total. The van der Waals surface area contributed by atoms with E-state index in [1.165, 1.54) is 25.7 Å². The SMILES string of the molecule is CC(=O)N[C@H]1CCCC[C@@H]1C. The molecule has 0 aromatic rings. The summed E-state index contributed by atoms with van der Waals surface area (Å²) in [5.74, 6) is 0.788. The second-order valence-electron chi connectivity index (χ2n) is 3.57. The van der Waals surface area contributed by atoms with Crippen molar-refractivity contribution in [2.24, 2.45) is 5.92 Å². The van der Waals surface area contributed by atoms with Gasteiger partial charge in [-0.25, -0.2) is 0 Å². The molecule has 0 heterocycles. The van der Waals surface area contributed by atoms with Gasteiger partial charge in [0.15, 0.2) is 0 Å². The first kappa shape index (κ1) is 8.57. The molecule has 1 saturated carbocycles. The summed E-state index contributed by atoms with van der Waals surface area (Å²) in [7, 11) is 0. The third-order valence-electron chi connectivity index (χ3n) is 2.50. The van der Waals surface area contributed by atoms with Crippen LogP contribution in [0.4, 0.5) is 0 Å².